The molecule has 0 aliphatic carbocycles. The molecule has 0 fully saturated rings. The normalized spacial score (nSPS) is 12.0. The lowest BCUT2D eigenvalue weighted by molar-refractivity contribution is -0.120. The van der Waals surface area contributed by atoms with Gasteiger partial charge in [0.25, 0.3) is 0 Å². The Labute approximate surface area is 152 Å². The van der Waals surface area contributed by atoms with Gasteiger partial charge >= 0.3 is 0 Å². The van der Waals surface area contributed by atoms with Crippen molar-refractivity contribution in [2.45, 2.75) is 30.7 Å². The summed E-state index contributed by atoms with van der Waals surface area (Å²) < 4.78 is 12.4. The van der Waals surface area contributed by atoms with E-state index in [0.717, 1.165) is 23.0 Å². The number of thioether (sulfide) groups is 1. The number of carbonyl (C=O) groups excluding carboxylic acids is 1. The van der Waals surface area contributed by atoms with Crippen LogP contribution >= 0.6 is 11.8 Å². The molecule has 1 amide bonds. The molecule has 0 spiro atoms. The van der Waals surface area contributed by atoms with Gasteiger partial charge in [-0.15, -0.1) is 0 Å². The standard InChI is InChI=1S/C18H25N3O3S/c1-4-24-13-5-10-19-17(22)14(2)25-18-20-11-12-21(18)15-6-8-16(23-3)9-7-15/h6-9,11-12,14H,4-5,10,13H2,1-3H3,(H,19,22). The Balaban J connectivity index is 1.91. The molecular formula is C18H25N3O3S. The van der Waals surface area contributed by atoms with Gasteiger partial charge in [0.05, 0.1) is 12.4 Å². The molecule has 25 heavy (non-hydrogen) atoms. The SMILES string of the molecule is CCOCCCNC(=O)C(C)Sc1nccn1-c1ccc(OC)cc1. The zero-order valence-corrected chi connectivity index (χ0v) is 15.7. The first-order chi connectivity index (χ1) is 12.2. The van der Waals surface area contributed by atoms with Crippen molar-refractivity contribution in [2.24, 2.45) is 0 Å². The minimum absolute atomic E-state index is 0.00535. The second-order valence-corrected chi connectivity index (χ2v) is 6.69. The van der Waals surface area contributed by atoms with Crippen LogP contribution in [0.5, 0.6) is 5.75 Å². The molecule has 1 N–H and O–H groups in total. The number of hydrogen-bond donors (Lipinski definition) is 1. The molecule has 0 bridgehead atoms. The Bertz CT molecular complexity index is 658. The van der Waals surface area contributed by atoms with Crippen molar-refractivity contribution in [1.82, 2.24) is 14.9 Å². The Morgan fingerprint density at radius 2 is 2.12 bits per heavy atom. The van der Waals surface area contributed by atoms with Gasteiger partial charge in [0.2, 0.25) is 5.91 Å². The number of carbonyl (C=O) groups is 1. The molecule has 2 aromatic rings. The van der Waals surface area contributed by atoms with Crippen LogP contribution in [0, 0.1) is 0 Å². The number of nitrogens with zero attached hydrogens (tertiary/aromatic N) is 2. The van der Waals surface area contributed by atoms with Crippen LogP contribution in [0.1, 0.15) is 20.3 Å². The van der Waals surface area contributed by atoms with Crippen molar-refractivity contribution in [1.29, 1.82) is 0 Å². The number of rotatable bonds is 10. The molecule has 0 saturated carbocycles. The summed E-state index contributed by atoms with van der Waals surface area (Å²) in [7, 11) is 1.64. The quantitative estimate of drug-likeness (QED) is 0.519. The van der Waals surface area contributed by atoms with Crippen LogP contribution < -0.4 is 10.1 Å². The summed E-state index contributed by atoms with van der Waals surface area (Å²) in [4.78, 5) is 16.6. The fraction of sp³-hybridized carbons (Fsp3) is 0.444. The highest BCUT2D eigenvalue weighted by Crippen LogP contribution is 2.25. The van der Waals surface area contributed by atoms with Gasteiger partial charge in [-0.25, -0.2) is 4.98 Å². The Hall–Kier alpha value is -1.99. The van der Waals surface area contributed by atoms with Crippen LogP contribution in [0.15, 0.2) is 41.8 Å². The molecule has 1 aromatic carbocycles. The third-order valence-corrected chi connectivity index (χ3v) is 4.66. The maximum atomic E-state index is 12.2. The summed E-state index contributed by atoms with van der Waals surface area (Å²) in [6, 6.07) is 7.72. The number of amides is 1. The molecule has 1 atom stereocenters. The van der Waals surface area contributed by atoms with Crippen molar-refractivity contribution in [3.8, 4) is 11.4 Å². The van der Waals surface area contributed by atoms with Gasteiger partial charge in [0.1, 0.15) is 5.75 Å². The summed E-state index contributed by atoms with van der Waals surface area (Å²) in [6.45, 7) is 5.84. The second-order valence-electron chi connectivity index (χ2n) is 5.38. The van der Waals surface area contributed by atoms with Crippen molar-refractivity contribution in [2.75, 3.05) is 26.9 Å². The van der Waals surface area contributed by atoms with Gasteiger partial charge in [0.15, 0.2) is 5.16 Å². The molecule has 1 aromatic heterocycles. The van der Waals surface area contributed by atoms with Crippen molar-refractivity contribution < 1.29 is 14.3 Å². The van der Waals surface area contributed by atoms with Crippen molar-refractivity contribution >= 4 is 17.7 Å². The number of imidazole rings is 1. The first-order valence-corrected chi connectivity index (χ1v) is 9.23. The lowest BCUT2D eigenvalue weighted by atomic mass is 10.3. The molecule has 1 unspecified atom stereocenters. The van der Waals surface area contributed by atoms with Crippen LogP contribution in [0.2, 0.25) is 0 Å². The van der Waals surface area contributed by atoms with Crippen molar-refractivity contribution in [3.63, 3.8) is 0 Å². The molecule has 0 radical (unpaired) electrons. The summed E-state index contributed by atoms with van der Waals surface area (Å²) in [5.41, 5.74) is 0.977. The summed E-state index contributed by atoms with van der Waals surface area (Å²) in [5, 5.41) is 3.48. The van der Waals surface area contributed by atoms with Crippen LogP contribution in [0.4, 0.5) is 0 Å². The lowest BCUT2D eigenvalue weighted by Gasteiger charge is -2.13. The number of hydrogen-bond acceptors (Lipinski definition) is 5. The molecule has 6 nitrogen and oxygen atoms in total. The van der Waals surface area contributed by atoms with E-state index in [1.54, 1.807) is 13.3 Å². The van der Waals surface area contributed by atoms with Crippen LogP contribution in [-0.2, 0) is 9.53 Å². The molecule has 7 heteroatoms. The van der Waals surface area contributed by atoms with E-state index in [0.29, 0.717) is 19.8 Å². The second kappa shape index (κ2) is 10.1. The van der Waals surface area contributed by atoms with E-state index in [1.165, 1.54) is 11.8 Å². The first-order valence-electron chi connectivity index (χ1n) is 8.35. The number of ether oxygens (including phenoxy) is 2. The average molecular weight is 363 g/mol. The van der Waals surface area contributed by atoms with Crippen LogP contribution in [0.3, 0.4) is 0 Å². The highest BCUT2D eigenvalue weighted by atomic mass is 32.2. The number of nitrogens with one attached hydrogen (secondary N) is 1. The van der Waals surface area contributed by atoms with Crippen LogP contribution in [-0.4, -0.2) is 47.6 Å². The van der Waals surface area contributed by atoms with Gasteiger partial charge in [-0.05, 0) is 44.5 Å². The van der Waals surface area contributed by atoms with E-state index < -0.39 is 0 Å². The smallest absolute Gasteiger partial charge is 0.233 e. The fourth-order valence-electron chi connectivity index (χ4n) is 2.20. The Morgan fingerprint density at radius 1 is 1.36 bits per heavy atom. The summed E-state index contributed by atoms with van der Waals surface area (Å²) >= 11 is 1.44. The van der Waals surface area contributed by atoms with E-state index in [9.17, 15) is 4.79 Å². The van der Waals surface area contributed by atoms with E-state index in [4.69, 9.17) is 9.47 Å². The molecule has 0 aliphatic heterocycles. The third-order valence-electron chi connectivity index (χ3n) is 3.58. The Kier molecular flexibility index (Phi) is 7.81. The molecule has 2 rings (SSSR count). The molecule has 136 valence electrons. The third kappa shape index (κ3) is 5.79. The minimum atomic E-state index is -0.230. The average Bonchev–Trinajstić information content (AvgIpc) is 3.09. The predicted octanol–water partition coefficient (Wildman–Crippen LogP) is 2.90. The summed E-state index contributed by atoms with van der Waals surface area (Å²) in [5.74, 6) is 0.809. The summed E-state index contributed by atoms with van der Waals surface area (Å²) in [6.07, 6.45) is 4.44. The van der Waals surface area contributed by atoms with E-state index in [1.807, 2.05) is 48.9 Å². The van der Waals surface area contributed by atoms with Crippen molar-refractivity contribution in [3.05, 3.63) is 36.7 Å². The maximum absolute atomic E-state index is 12.2. The fourth-order valence-corrected chi connectivity index (χ4v) is 3.11. The molecule has 0 aliphatic rings. The highest BCUT2D eigenvalue weighted by molar-refractivity contribution is 8.00. The largest absolute Gasteiger partial charge is 0.497 e. The maximum Gasteiger partial charge on any atom is 0.233 e. The highest BCUT2D eigenvalue weighted by Gasteiger charge is 2.17. The van der Waals surface area contributed by atoms with Crippen LogP contribution in [0.25, 0.3) is 5.69 Å². The van der Waals surface area contributed by atoms with E-state index in [2.05, 4.69) is 10.3 Å². The topological polar surface area (TPSA) is 65.4 Å². The number of aromatic nitrogens is 2. The van der Waals surface area contributed by atoms with Gasteiger partial charge < -0.3 is 14.8 Å². The monoisotopic (exact) mass is 363 g/mol. The Morgan fingerprint density at radius 3 is 2.80 bits per heavy atom. The zero-order valence-electron chi connectivity index (χ0n) is 14.9. The number of methoxy groups -OCH3 is 1. The first kappa shape index (κ1) is 19.3. The van der Waals surface area contributed by atoms with Gasteiger partial charge in [-0.1, -0.05) is 11.8 Å². The number of benzene rings is 1. The molecule has 0 saturated heterocycles. The van der Waals surface area contributed by atoms with Gasteiger partial charge in [-0.2, -0.15) is 0 Å². The minimum Gasteiger partial charge on any atom is -0.497 e. The lowest BCUT2D eigenvalue weighted by Crippen LogP contribution is -2.32. The zero-order chi connectivity index (χ0) is 18.1. The van der Waals surface area contributed by atoms with Gasteiger partial charge in [0, 0.05) is 37.8 Å². The van der Waals surface area contributed by atoms with E-state index in [-0.39, 0.29) is 11.2 Å². The van der Waals surface area contributed by atoms with Gasteiger partial charge in [-0.3, -0.25) is 9.36 Å². The van der Waals surface area contributed by atoms with E-state index >= 15 is 0 Å². The predicted molar refractivity (Wildman–Crippen MR) is 99.6 cm³/mol. The molecule has 1 heterocycles. The molecular weight excluding hydrogens is 338 g/mol.